The summed E-state index contributed by atoms with van der Waals surface area (Å²) in [6, 6.07) is 0. The predicted molar refractivity (Wildman–Crippen MR) is 37.9 cm³/mol. The molecule has 0 saturated carbocycles. The smallest absolute Gasteiger partial charge is 0.344 e. The molecule has 0 bridgehead atoms. The van der Waals surface area contributed by atoms with Crippen molar-refractivity contribution in [2.24, 2.45) is 0 Å². The summed E-state index contributed by atoms with van der Waals surface area (Å²) in [7, 11) is 0. The number of halogens is 14. The van der Waals surface area contributed by atoms with Crippen LogP contribution in [0.3, 0.4) is 0 Å². The van der Waals surface area contributed by atoms with Gasteiger partial charge in [0.25, 0.3) is 0 Å². The van der Waals surface area contributed by atoms with Crippen molar-refractivity contribution >= 4 is 0 Å². The zero-order valence-electron chi connectivity index (χ0n) is 9.41. The molecule has 0 heterocycles. The summed E-state index contributed by atoms with van der Waals surface area (Å²) in [6.45, 7) is -3.64. The molecule has 0 aliphatic carbocycles. The zero-order valence-corrected chi connectivity index (χ0v) is 9.41. The second-order valence-electron chi connectivity index (χ2n) is 3.65. The molecule has 15 heteroatoms. The van der Waals surface area contributed by atoms with Gasteiger partial charge in [0.2, 0.25) is 0 Å². The molecule has 0 unspecified atom stereocenters. The minimum atomic E-state index is -7.73. The Bertz CT molecular complexity index is 366. The van der Waals surface area contributed by atoms with Crippen LogP contribution in [0.2, 0.25) is 0 Å². The third-order valence-corrected chi connectivity index (χ3v) is 2.05. The molecule has 134 valence electrons. The van der Waals surface area contributed by atoms with Crippen molar-refractivity contribution in [2.75, 3.05) is 6.61 Å². The highest BCUT2D eigenvalue weighted by molar-refractivity contribution is 5.09. The minimum absolute atomic E-state index is 2.07. The van der Waals surface area contributed by atoms with E-state index >= 15 is 0 Å². The van der Waals surface area contributed by atoms with Crippen LogP contribution in [0.1, 0.15) is 0 Å². The lowest BCUT2D eigenvalue weighted by molar-refractivity contribution is -0.478. The van der Waals surface area contributed by atoms with Crippen LogP contribution in [0.4, 0.5) is 61.5 Å². The van der Waals surface area contributed by atoms with E-state index < -0.39 is 42.8 Å². The molecule has 1 nitrogen and oxygen atoms in total. The number of rotatable bonds is 3. The van der Waals surface area contributed by atoms with Gasteiger partial charge in [-0.2, -0.15) is 61.5 Å². The standard InChI is InChI=1S/C7H2F14O/c8-2(9,10)1-22-3(5(13,14)15,6(16,17)18)4(11,12)7(19,20)21/h1H2. The number of hydrogen-bond donors (Lipinski definition) is 0. The average Bonchev–Trinajstić information content (AvgIpc) is 2.08. The highest BCUT2D eigenvalue weighted by atomic mass is 19.4. The van der Waals surface area contributed by atoms with Crippen LogP contribution >= 0.6 is 0 Å². The van der Waals surface area contributed by atoms with E-state index in [1.54, 1.807) is 0 Å². The van der Waals surface area contributed by atoms with Gasteiger partial charge in [0.1, 0.15) is 6.61 Å². The first-order valence-electron chi connectivity index (χ1n) is 4.49. The molecule has 0 fully saturated rings. The van der Waals surface area contributed by atoms with Gasteiger partial charge in [0, 0.05) is 0 Å². The number of hydrogen-bond acceptors (Lipinski definition) is 1. The fourth-order valence-electron chi connectivity index (χ4n) is 1.16. The van der Waals surface area contributed by atoms with E-state index in [1.165, 1.54) is 0 Å². The fourth-order valence-corrected chi connectivity index (χ4v) is 1.16. The molecule has 0 aromatic heterocycles. The summed E-state index contributed by atoms with van der Waals surface area (Å²) in [5, 5.41) is 0. The third-order valence-electron chi connectivity index (χ3n) is 2.05. The SMILES string of the molecule is FC(F)(F)COC(C(F)(F)F)(C(F)(F)F)C(F)(F)C(F)(F)F. The maximum atomic E-state index is 12.8. The molecule has 0 aliphatic heterocycles. The molecular weight excluding hydrogens is 366 g/mol. The van der Waals surface area contributed by atoms with Gasteiger partial charge in [-0.25, -0.2) is 0 Å². The van der Waals surface area contributed by atoms with Crippen LogP contribution in [0, 0.1) is 0 Å². The van der Waals surface area contributed by atoms with Crippen molar-refractivity contribution in [3.8, 4) is 0 Å². The van der Waals surface area contributed by atoms with E-state index in [4.69, 9.17) is 0 Å². The second-order valence-corrected chi connectivity index (χ2v) is 3.65. The van der Waals surface area contributed by atoms with Crippen LogP contribution in [0.25, 0.3) is 0 Å². The largest absolute Gasteiger partial charge is 0.457 e. The maximum Gasteiger partial charge on any atom is 0.457 e. The molecule has 0 N–H and O–H groups in total. The average molecular weight is 368 g/mol. The van der Waals surface area contributed by atoms with Crippen molar-refractivity contribution in [3.63, 3.8) is 0 Å². The maximum absolute atomic E-state index is 12.8. The van der Waals surface area contributed by atoms with E-state index in [9.17, 15) is 61.5 Å². The van der Waals surface area contributed by atoms with Crippen molar-refractivity contribution < 1.29 is 66.2 Å². The Morgan fingerprint density at radius 2 is 0.818 bits per heavy atom. The molecular formula is C7H2F14O. The normalized spacial score (nSPS) is 16.1. The molecule has 0 radical (unpaired) electrons. The lowest BCUT2D eigenvalue weighted by atomic mass is 9.92. The first-order valence-corrected chi connectivity index (χ1v) is 4.49. The zero-order chi connectivity index (χ0) is 18.4. The van der Waals surface area contributed by atoms with Gasteiger partial charge in [-0.05, 0) is 0 Å². The summed E-state index contributed by atoms with van der Waals surface area (Å²) in [5.74, 6) is -7.73. The van der Waals surface area contributed by atoms with E-state index in [2.05, 4.69) is 4.74 Å². The highest BCUT2D eigenvalue weighted by Gasteiger charge is 2.90. The summed E-state index contributed by atoms with van der Waals surface area (Å²) >= 11 is 0. The Hall–Kier alpha value is -1.02. The van der Waals surface area contributed by atoms with Crippen molar-refractivity contribution in [1.82, 2.24) is 0 Å². The van der Waals surface area contributed by atoms with Gasteiger partial charge < -0.3 is 4.74 Å². The van der Waals surface area contributed by atoms with E-state index in [0.29, 0.717) is 0 Å². The van der Waals surface area contributed by atoms with Crippen LogP contribution in [0.15, 0.2) is 0 Å². The Labute approximate surface area is 110 Å². The number of ether oxygens (including phenoxy) is 1. The third kappa shape index (κ3) is 3.48. The monoisotopic (exact) mass is 368 g/mol. The summed E-state index contributed by atoms with van der Waals surface area (Å²) in [4.78, 5) is 0. The van der Waals surface area contributed by atoms with Gasteiger partial charge >= 0.3 is 36.2 Å². The lowest BCUT2D eigenvalue weighted by Gasteiger charge is -2.42. The first kappa shape index (κ1) is 21.0. The molecule has 22 heavy (non-hydrogen) atoms. The first-order chi connectivity index (χ1) is 9.21. The van der Waals surface area contributed by atoms with E-state index in [1.807, 2.05) is 0 Å². The molecule has 0 aliphatic rings. The summed E-state index contributed by atoms with van der Waals surface area (Å²) < 4.78 is 172. The van der Waals surface area contributed by atoms with Crippen molar-refractivity contribution in [1.29, 1.82) is 0 Å². The molecule has 0 aromatic rings. The van der Waals surface area contributed by atoms with Gasteiger partial charge in [0.15, 0.2) is 0 Å². The van der Waals surface area contributed by atoms with Gasteiger partial charge in [-0.15, -0.1) is 0 Å². The van der Waals surface area contributed by atoms with Crippen molar-refractivity contribution in [2.45, 2.75) is 36.2 Å². The predicted octanol–water partition coefficient (Wildman–Crippen LogP) is 4.63. The molecule has 0 atom stereocenters. The van der Waals surface area contributed by atoms with Crippen LogP contribution in [-0.2, 0) is 4.74 Å². The molecule has 0 saturated heterocycles. The van der Waals surface area contributed by atoms with Crippen LogP contribution < -0.4 is 0 Å². The van der Waals surface area contributed by atoms with Crippen LogP contribution in [-0.4, -0.2) is 42.8 Å². The van der Waals surface area contributed by atoms with Crippen molar-refractivity contribution in [3.05, 3.63) is 0 Å². The quantitative estimate of drug-likeness (QED) is 0.661. The van der Waals surface area contributed by atoms with Gasteiger partial charge in [-0.1, -0.05) is 0 Å². The molecule has 0 amide bonds. The Morgan fingerprint density at radius 3 is 1.00 bits per heavy atom. The van der Waals surface area contributed by atoms with E-state index in [0.717, 1.165) is 0 Å². The second kappa shape index (κ2) is 5.26. The Kier molecular flexibility index (Phi) is 5.02. The lowest BCUT2D eigenvalue weighted by Crippen LogP contribution is -2.73. The highest BCUT2D eigenvalue weighted by Crippen LogP contribution is 2.59. The van der Waals surface area contributed by atoms with Gasteiger partial charge in [0.05, 0.1) is 0 Å². The Balaban J connectivity index is 6.39. The summed E-state index contributed by atoms with van der Waals surface area (Å²) in [5.41, 5.74) is -7.42. The van der Waals surface area contributed by atoms with Crippen LogP contribution in [0.5, 0.6) is 0 Å². The molecule has 0 rings (SSSR count). The minimum Gasteiger partial charge on any atom is -0.344 e. The van der Waals surface area contributed by atoms with Gasteiger partial charge in [-0.3, -0.25) is 0 Å². The molecule has 0 aromatic carbocycles. The topological polar surface area (TPSA) is 9.23 Å². The fraction of sp³-hybridized carbons (Fsp3) is 1.00. The Morgan fingerprint density at radius 1 is 0.500 bits per heavy atom. The van der Waals surface area contributed by atoms with E-state index in [-0.39, 0.29) is 0 Å². The summed E-state index contributed by atoms with van der Waals surface area (Å²) in [6.07, 6.45) is -28.7. The number of alkyl halides is 14. The molecule has 0 spiro atoms.